The monoisotopic (exact) mass is 399 g/mol. The van der Waals surface area contributed by atoms with Gasteiger partial charge in [-0.15, -0.1) is 0 Å². The number of halogens is 3. The standard InChI is InChI=1S/C12H16BrFIN/c1-8(2)12(6-15)16-7-9-5-10(13)3-4-11(9)14/h3-5,8,12,16H,6-7H2,1-2H3. The first-order chi connectivity index (χ1) is 7.54. The molecule has 0 aliphatic rings. The fraction of sp³-hybridized carbons (Fsp3) is 0.500. The summed E-state index contributed by atoms with van der Waals surface area (Å²) in [7, 11) is 0. The van der Waals surface area contributed by atoms with Crippen LogP contribution in [0.3, 0.4) is 0 Å². The lowest BCUT2D eigenvalue weighted by molar-refractivity contribution is 0.431. The van der Waals surface area contributed by atoms with Crippen molar-refractivity contribution in [1.29, 1.82) is 0 Å². The predicted molar refractivity (Wildman–Crippen MR) is 78.5 cm³/mol. The van der Waals surface area contributed by atoms with Gasteiger partial charge >= 0.3 is 0 Å². The topological polar surface area (TPSA) is 12.0 Å². The van der Waals surface area contributed by atoms with Gasteiger partial charge in [-0.1, -0.05) is 52.4 Å². The molecule has 0 radical (unpaired) electrons. The Morgan fingerprint density at radius 1 is 1.44 bits per heavy atom. The van der Waals surface area contributed by atoms with Crippen LogP contribution in [0.5, 0.6) is 0 Å². The number of rotatable bonds is 5. The Balaban J connectivity index is 2.63. The number of hydrogen-bond donors (Lipinski definition) is 1. The first kappa shape index (κ1) is 14.4. The molecule has 0 aromatic heterocycles. The minimum atomic E-state index is -0.147. The van der Waals surface area contributed by atoms with Crippen LogP contribution in [0.4, 0.5) is 4.39 Å². The largest absolute Gasteiger partial charge is 0.309 e. The van der Waals surface area contributed by atoms with E-state index in [2.05, 4.69) is 57.7 Å². The molecular weight excluding hydrogens is 384 g/mol. The number of benzene rings is 1. The molecule has 1 rings (SSSR count). The highest BCUT2D eigenvalue weighted by Crippen LogP contribution is 2.16. The van der Waals surface area contributed by atoms with E-state index < -0.39 is 0 Å². The van der Waals surface area contributed by atoms with E-state index in [0.717, 1.165) is 8.90 Å². The van der Waals surface area contributed by atoms with Crippen molar-refractivity contribution in [2.45, 2.75) is 26.4 Å². The van der Waals surface area contributed by atoms with Crippen molar-refractivity contribution in [1.82, 2.24) is 5.32 Å². The summed E-state index contributed by atoms with van der Waals surface area (Å²) in [5.74, 6) is 0.416. The highest BCUT2D eigenvalue weighted by molar-refractivity contribution is 14.1. The average Bonchev–Trinajstić information content (AvgIpc) is 2.23. The summed E-state index contributed by atoms with van der Waals surface area (Å²) in [6.45, 7) is 4.93. The van der Waals surface area contributed by atoms with Gasteiger partial charge in [-0.25, -0.2) is 4.39 Å². The molecule has 90 valence electrons. The first-order valence-electron chi connectivity index (χ1n) is 5.28. The van der Waals surface area contributed by atoms with Crippen molar-refractivity contribution >= 4 is 38.5 Å². The zero-order chi connectivity index (χ0) is 12.1. The fourth-order valence-electron chi connectivity index (χ4n) is 1.39. The summed E-state index contributed by atoms with van der Waals surface area (Å²) in [5.41, 5.74) is 0.713. The third kappa shape index (κ3) is 4.30. The predicted octanol–water partition coefficient (Wildman–Crippen LogP) is 4.14. The summed E-state index contributed by atoms with van der Waals surface area (Å²) < 4.78 is 15.4. The van der Waals surface area contributed by atoms with Gasteiger partial charge < -0.3 is 5.32 Å². The summed E-state index contributed by atoms with van der Waals surface area (Å²) in [6.07, 6.45) is 0. The number of hydrogen-bond acceptors (Lipinski definition) is 1. The molecule has 0 fully saturated rings. The molecule has 1 atom stereocenters. The van der Waals surface area contributed by atoms with E-state index >= 15 is 0 Å². The third-order valence-corrected chi connectivity index (χ3v) is 3.98. The molecule has 4 heteroatoms. The number of nitrogens with one attached hydrogen (secondary N) is 1. The van der Waals surface area contributed by atoms with Crippen molar-refractivity contribution in [3.63, 3.8) is 0 Å². The molecule has 0 amide bonds. The maximum absolute atomic E-state index is 13.5. The minimum absolute atomic E-state index is 0.147. The van der Waals surface area contributed by atoms with Crippen LogP contribution in [0.25, 0.3) is 0 Å². The Kier molecular flexibility index (Phi) is 6.21. The molecular formula is C12H16BrFIN. The molecule has 1 unspecified atom stereocenters. The Morgan fingerprint density at radius 3 is 2.69 bits per heavy atom. The average molecular weight is 400 g/mol. The van der Waals surface area contributed by atoms with E-state index in [0.29, 0.717) is 24.1 Å². The summed E-state index contributed by atoms with van der Waals surface area (Å²) >= 11 is 5.71. The summed E-state index contributed by atoms with van der Waals surface area (Å²) in [5, 5.41) is 3.38. The zero-order valence-electron chi connectivity index (χ0n) is 9.43. The lowest BCUT2D eigenvalue weighted by Gasteiger charge is -2.20. The van der Waals surface area contributed by atoms with Crippen LogP contribution in [-0.2, 0) is 6.54 Å². The second-order valence-corrected chi connectivity index (χ2v) is 5.92. The van der Waals surface area contributed by atoms with Crippen molar-refractivity contribution in [2.24, 2.45) is 5.92 Å². The molecule has 0 aliphatic carbocycles. The van der Waals surface area contributed by atoms with E-state index in [1.165, 1.54) is 6.07 Å². The molecule has 1 aromatic rings. The van der Waals surface area contributed by atoms with E-state index in [4.69, 9.17) is 0 Å². The molecule has 0 aliphatic heterocycles. The van der Waals surface area contributed by atoms with Gasteiger partial charge in [-0.3, -0.25) is 0 Å². The maximum atomic E-state index is 13.5. The first-order valence-corrected chi connectivity index (χ1v) is 7.59. The van der Waals surface area contributed by atoms with Gasteiger partial charge in [0.2, 0.25) is 0 Å². The van der Waals surface area contributed by atoms with Crippen LogP contribution in [0.15, 0.2) is 22.7 Å². The van der Waals surface area contributed by atoms with Gasteiger partial charge in [0, 0.05) is 27.1 Å². The van der Waals surface area contributed by atoms with Crippen LogP contribution >= 0.6 is 38.5 Å². The van der Waals surface area contributed by atoms with Crippen LogP contribution < -0.4 is 5.32 Å². The second-order valence-electron chi connectivity index (χ2n) is 4.12. The summed E-state index contributed by atoms with van der Waals surface area (Å²) in [4.78, 5) is 0. The molecule has 0 heterocycles. The third-order valence-electron chi connectivity index (χ3n) is 2.53. The molecule has 1 N–H and O–H groups in total. The van der Waals surface area contributed by atoms with Crippen LogP contribution in [-0.4, -0.2) is 10.5 Å². The minimum Gasteiger partial charge on any atom is -0.309 e. The fourth-order valence-corrected chi connectivity index (χ4v) is 3.13. The molecule has 0 bridgehead atoms. The van der Waals surface area contributed by atoms with Crippen molar-refractivity contribution in [3.05, 3.63) is 34.1 Å². The van der Waals surface area contributed by atoms with Crippen LogP contribution in [0.1, 0.15) is 19.4 Å². The molecule has 0 saturated carbocycles. The van der Waals surface area contributed by atoms with Crippen LogP contribution in [0.2, 0.25) is 0 Å². The smallest absolute Gasteiger partial charge is 0.127 e. The Morgan fingerprint density at radius 2 is 2.12 bits per heavy atom. The van der Waals surface area contributed by atoms with E-state index in [9.17, 15) is 4.39 Å². The van der Waals surface area contributed by atoms with Gasteiger partial charge in [0.25, 0.3) is 0 Å². The maximum Gasteiger partial charge on any atom is 0.127 e. The Hall–Kier alpha value is 0.320. The Bertz CT molecular complexity index is 344. The molecule has 0 saturated heterocycles. The highest BCUT2D eigenvalue weighted by Gasteiger charge is 2.12. The quantitative estimate of drug-likeness (QED) is 0.579. The lowest BCUT2D eigenvalue weighted by atomic mass is 10.1. The second kappa shape index (κ2) is 6.91. The van der Waals surface area contributed by atoms with E-state index in [1.54, 1.807) is 6.07 Å². The number of alkyl halides is 1. The highest BCUT2D eigenvalue weighted by atomic mass is 127. The molecule has 1 nitrogen and oxygen atoms in total. The van der Waals surface area contributed by atoms with Crippen molar-refractivity contribution in [2.75, 3.05) is 4.43 Å². The van der Waals surface area contributed by atoms with Crippen molar-refractivity contribution in [3.8, 4) is 0 Å². The zero-order valence-corrected chi connectivity index (χ0v) is 13.2. The normalized spacial score (nSPS) is 13.1. The van der Waals surface area contributed by atoms with Gasteiger partial charge in [0.1, 0.15) is 5.82 Å². The van der Waals surface area contributed by atoms with Crippen LogP contribution in [0, 0.1) is 11.7 Å². The van der Waals surface area contributed by atoms with Gasteiger partial charge in [-0.2, -0.15) is 0 Å². The van der Waals surface area contributed by atoms with E-state index in [1.807, 2.05) is 6.07 Å². The Labute approximate surface area is 118 Å². The molecule has 16 heavy (non-hydrogen) atoms. The molecule has 1 aromatic carbocycles. The molecule has 0 spiro atoms. The lowest BCUT2D eigenvalue weighted by Crippen LogP contribution is -2.34. The van der Waals surface area contributed by atoms with Crippen molar-refractivity contribution < 1.29 is 4.39 Å². The van der Waals surface area contributed by atoms with Gasteiger partial charge in [0.05, 0.1) is 0 Å². The van der Waals surface area contributed by atoms with E-state index in [-0.39, 0.29) is 5.82 Å². The summed E-state index contributed by atoms with van der Waals surface area (Å²) in [6, 6.07) is 5.47. The van der Waals surface area contributed by atoms with Gasteiger partial charge in [-0.05, 0) is 24.1 Å². The van der Waals surface area contributed by atoms with Gasteiger partial charge in [0.15, 0.2) is 0 Å². The SMILES string of the molecule is CC(C)C(CI)NCc1cc(Br)ccc1F.